The molecule has 0 saturated heterocycles. The molecule has 0 radical (unpaired) electrons. The summed E-state index contributed by atoms with van der Waals surface area (Å²) >= 11 is 0. The highest BCUT2D eigenvalue weighted by Gasteiger charge is 2.45. The molecule has 0 aromatic heterocycles. The minimum atomic E-state index is -1.02. The summed E-state index contributed by atoms with van der Waals surface area (Å²) in [5.41, 5.74) is 4.30. The Morgan fingerprint density at radius 1 is 1.06 bits per heavy atom. The average Bonchev–Trinajstić information content (AvgIpc) is 3.74. The zero-order valence-electron chi connectivity index (χ0n) is 20.3. The Morgan fingerprint density at radius 3 is 2.47 bits per heavy atom. The molecule has 1 aliphatic heterocycles. The van der Waals surface area contributed by atoms with E-state index < -0.39 is 23.9 Å². The van der Waals surface area contributed by atoms with Crippen molar-refractivity contribution in [3.8, 4) is 11.1 Å². The number of benzene rings is 2. The summed E-state index contributed by atoms with van der Waals surface area (Å²) < 4.78 is 5.61. The van der Waals surface area contributed by atoms with Crippen molar-refractivity contribution in [1.29, 1.82) is 0 Å². The lowest BCUT2D eigenvalue weighted by Gasteiger charge is -2.36. The summed E-state index contributed by atoms with van der Waals surface area (Å²) in [6.45, 7) is 8.06. The number of nitrogens with zero attached hydrogens (tertiary/aromatic N) is 1. The van der Waals surface area contributed by atoms with Crippen LogP contribution in [0.1, 0.15) is 43.7 Å². The van der Waals surface area contributed by atoms with Gasteiger partial charge in [0, 0.05) is 24.7 Å². The van der Waals surface area contributed by atoms with Crippen molar-refractivity contribution in [2.75, 3.05) is 18.5 Å². The standard InChI is InChI=1S/C29H32N2O5/c1-3-19(2)18-36-29(35)23-15-16-30-25-12-9-21(20-7-5-4-6-8-20)17-24(25)28(23)31(22-10-11-22)26(32)13-14-27(33)34/h3-9,12,17,22-23,28,30H,1-2,10-11,13-16,18H2,(H,33,34). The molecule has 2 aromatic carbocycles. The van der Waals surface area contributed by atoms with Gasteiger partial charge in [-0.1, -0.05) is 55.6 Å². The Morgan fingerprint density at radius 2 is 1.81 bits per heavy atom. The fourth-order valence-electron chi connectivity index (χ4n) is 4.72. The van der Waals surface area contributed by atoms with Crippen molar-refractivity contribution < 1.29 is 24.2 Å². The van der Waals surface area contributed by atoms with Crippen LogP contribution in [0.2, 0.25) is 0 Å². The minimum absolute atomic E-state index is 0.0268. The fraction of sp³-hybridized carbons (Fsp3) is 0.345. The van der Waals surface area contributed by atoms with E-state index in [4.69, 9.17) is 4.74 Å². The number of ether oxygens (including phenoxy) is 1. The molecule has 1 aliphatic carbocycles. The van der Waals surface area contributed by atoms with Crippen molar-refractivity contribution in [1.82, 2.24) is 4.90 Å². The zero-order chi connectivity index (χ0) is 25.7. The first-order valence-corrected chi connectivity index (χ1v) is 12.3. The third-order valence-corrected chi connectivity index (χ3v) is 6.70. The lowest BCUT2D eigenvalue weighted by molar-refractivity contribution is -0.153. The number of aliphatic carboxylic acids is 1. The number of carbonyl (C=O) groups is 3. The summed E-state index contributed by atoms with van der Waals surface area (Å²) in [5.74, 6) is -2.29. The molecule has 2 unspecified atom stereocenters. The lowest BCUT2D eigenvalue weighted by atomic mass is 9.87. The first kappa shape index (κ1) is 25.2. The topological polar surface area (TPSA) is 95.9 Å². The lowest BCUT2D eigenvalue weighted by Crippen LogP contribution is -2.43. The van der Waals surface area contributed by atoms with Gasteiger partial charge in [-0.2, -0.15) is 0 Å². The van der Waals surface area contributed by atoms with Crippen LogP contribution in [0.3, 0.4) is 0 Å². The molecule has 188 valence electrons. The van der Waals surface area contributed by atoms with E-state index in [0.29, 0.717) is 18.5 Å². The zero-order valence-corrected chi connectivity index (χ0v) is 20.3. The van der Waals surface area contributed by atoms with Crippen LogP contribution in [0.25, 0.3) is 11.1 Å². The number of hydrogen-bond acceptors (Lipinski definition) is 5. The molecule has 4 rings (SSSR count). The molecule has 2 aromatic rings. The molecule has 1 fully saturated rings. The average molecular weight is 489 g/mol. The van der Waals surface area contributed by atoms with Gasteiger partial charge in [-0.05, 0) is 53.7 Å². The number of fused-ring (bicyclic) bond motifs is 1. The van der Waals surface area contributed by atoms with Crippen molar-refractivity contribution in [2.24, 2.45) is 5.92 Å². The summed E-state index contributed by atoms with van der Waals surface area (Å²) in [6.07, 6.45) is 3.30. The summed E-state index contributed by atoms with van der Waals surface area (Å²) in [4.78, 5) is 39.9. The monoisotopic (exact) mass is 488 g/mol. The molecule has 36 heavy (non-hydrogen) atoms. The van der Waals surface area contributed by atoms with Gasteiger partial charge in [-0.25, -0.2) is 0 Å². The van der Waals surface area contributed by atoms with E-state index >= 15 is 0 Å². The van der Waals surface area contributed by atoms with E-state index in [2.05, 4.69) is 18.5 Å². The van der Waals surface area contributed by atoms with Gasteiger partial charge < -0.3 is 20.1 Å². The van der Waals surface area contributed by atoms with Crippen LogP contribution in [0.4, 0.5) is 5.69 Å². The maximum Gasteiger partial charge on any atom is 0.311 e. The number of esters is 1. The van der Waals surface area contributed by atoms with Gasteiger partial charge in [-0.15, -0.1) is 0 Å². The molecular formula is C29H32N2O5. The predicted molar refractivity (Wildman–Crippen MR) is 138 cm³/mol. The van der Waals surface area contributed by atoms with Crippen LogP contribution < -0.4 is 5.32 Å². The Balaban J connectivity index is 1.78. The number of rotatable bonds is 10. The van der Waals surface area contributed by atoms with Crippen molar-refractivity contribution in [3.63, 3.8) is 0 Å². The number of hydrogen-bond donors (Lipinski definition) is 2. The molecule has 0 bridgehead atoms. The Hall–Kier alpha value is -3.87. The van der Waals surface area contributed by atoms with Crippen molar-refractivity contribution >= 4 is 23.5 Å². The van der Waals surface area contributed by atoms with E-state index in [1.807, 2.05) is 48.5 Å². The van der Waals surface area contributed by atoms with Crippen LogP contribution in [0.5, 0.6) is 0 Å². The molecule has 2 aliphatic rings. The largest absolute Gasteiger partial charge is 0.481 e. The molecule has 0 spiro atoms. The normalized spacial score (nSPS) is 18.7. The van der Waals surface area contributed by atoms with Crippen LogP contribution in [0.15, 0.2) is 73.3 Å². The first-order chi connectivity index (χ1) is 17.4. The van der Waals surface area contributed by atoms with Crippen molar-refractivity contribution in [2.45, 2.75) is 44.2 Å². The Bertz CT molecular complexity index is 1160. The van der Waals surface area contributed by atoms with Gasteiger partial charge >= 0.3 is 11.9 Å². The summed E-state index contributed by atoms with van der Waals surface area (Å²) in [6, 6.07) is 15.4. The molecule has 7 heteroatoms. The third-order valence-electron chi connectivity index (χ3n) is 6.70. The minimum Gasteiger partial charge on any atom is -0.481 e. The molecule has 7 nitrogen and oxygen atoms in total. The summed E-state index contributed by atoms with van der Waals surface area (Å²) in [5, 5.41) is 12.6. The van der Waals surface area contributed by atoms with Gasteiger partial charge in [0.15, 0.2) is 0 Å². The smallest absolute Gasteiger partial charge is 0.311 e. The number of nitrogens with one attached hydrogen (secondary N) is 1. The molecular weight excluding hydrogens is 456 g/mol. The van der Waals surface area contributed by atoms with E-state index in [1.54, 1.807) is 11.0 Å². The van der Waals surface area contributed by atoms with E-state index in [0.717, 1.165) is 35.2 Å². The van der Waals surface area contributed by atoms with Gasteiger partial charge in [0.05, 0.1) is 18.4 Å². The van der Waals surface area contributed by atoms with E-state index in [9.17, 15) is 19.5 Å². The third kappa shape index (κ3) is 5.85. The first-order valence-electron chi connectivity index (χ1n) is 12.3. The van der Waals surface area contributed by atoms with Gasteiger partial charge in [0.1, 0.15) is 6.61 Å². The molecule has 1 amide bonds. The number of anilines is 1. The Kier molecular flexibility index (Phi) is 7.88. The van der Waals surface area contributed by atoms with E-state index in [-0.39, 0.29) is 31.4 Å². The second-order valence-electron chi connectivity index (χ2n) is 9.33. The highest BCUT2D eigenvalue weighted by atomic mass is 16.5. The predicted octanol–water partition coefficient (Wildman–Crippen LogP) is 4.97. The SMILES string of the molecule is C=CC(=C)COC(=O)C1CCNc2ccc(-c3ccccc3)cc2C1N(C(=O)CCC(=O)O)C1CC1. The van der Waals surface area contributed by atoms with Gasteiger partial charge in [0.2, 0.25) is 5.91 Å². The molecule has 1 heterocycles. The quantitative estimate of drug-likeness (QED) is 0.362. The van der Waals surface area contributed by atoms with Gasteiger partial charge in [0.25, 0.3) is 0 Å². The molecule has 2 atom stereocenters. The molecule has 2 N–H and O–H groups in total. The number of amides is 1. The molecule has 1 saturated carbocycles. The maximum atomic E-state index is 13.4. The number of carbonyl (C=O) groups excluding carboxylic acids is 2. The van der Waals surface area contributed by atoms with Gasteiger partial charge in [-0.3, -0.25) is 14.4 Å². The second-order valence-corrected chi connectivity index (χ2v) is 9.33. The number of carboxylic acids is 1. The van der Waals surface area contributed by atoms with Crippen LogP contribution >= 0.6 is 0 Å². The highest BCUT2D eigenvalue weighted by molar-refractivity contribution is 5.84. The summed E-state index contributed by atoms with van der Waals surface area (Å²) in [7, 11) is 0. The van der Waals surface area contributed by atoms with Crippen LogP contribution in [-0.2, 0) is 19.1 Å². The fourth-order valence-corrected chi connectivity index (χ4v) is 4.72. The van der Waals surface area contributed by atoms with E-state index in [1.165, 1.54) is 0 Å². The van der Waals surface area contributed by atoms with Crippen molar-refractivity contribution in [3.05, 3.63) is 78.9 Å². The number of carboxylic acid groups (broad SMARTS) is 1. The van der Waals surface area contributed by atoms with Crippen LogP contribution in [-0.4, -0.2) is 47.0 Å². The second kappa shape index (κ2) is 11.2. The van der Waals surface area contributed by atoms with Crippen LogP contribution in [0, 0.1) is 5.92 Å². The maximum absolute atomic E-state index is 13.4. The Labute approximate surface area is 211 Å². The highest BCUT2D eigenvalue weighted by Crippen LogP contribution is 2.45.